The predicted octanol–water partition coefficient (Wildman–Crippen LogP) is 2.89. The first kappa shape index (κ1) is 21.1. The number of likely N-dealkylation sites (tertiary alicyclic amines) is 2. The van der Waals surface area contributed by atoms with Gasteiger partial charge in [0.05, 0.1) is 5.56 Å². The molecule has 168 valence electrons. The van der Waals surface area contributed by atoms with Gasteiger partial charge in [0.25, 0.3) is 5.91 Å². The number of carbonyl (C=O) groups excluding carboxylic acids is 1. The molecule has 0 spiro atoms. The average molecular weight is 433 g/mol. The molecule has 32 heavy (non-hydrogen) atoms. The molecule has 0 N–H and O–H groups in total. The summed E-state index contributed by atoms with van der Waals surface area (Å²) < 4.78 is 2.04. The minimum absolute atomic E-state index is 0.112. The van der Waals surface area contributed by atoms with Crippen LogP contribution in [0.4, 0.5) is 0 Å². The summed E-state index contributed by atoms with van der Waals surface area (Å²) in [5.74, 6) is 1.41. The second kappa shape index (κ2) is 9.00. The Labute approximate surface area is 189 Å². The highest BCUT2D eigenvalue weighted by atomic mass is 16.2. The number of piperidine rings is 1. The van der Waals surface area contributed by atoms with E-state index in [0.29, 0.717) is 12.0 Å². The van der Waals surface area contributed by atoms with Crippen LogP contribution in [0, 0.1) is 0 Å². The van der Waals surface area contributed by atoms with Crippen molar-refractivity contribution < 1.29 is 4.79 Å². The number of benzene rings is 1. The molecule has 0 saturated carbocycles. The van der Waals surface area contributed by atoms with Gasteiger partial charge in [-0.25, -0.2) is 0 Å². The fourth-order valence-corrected chi connectivity index (χ4v) is 5.11. The number of carbonyl (C=O) groups is 1. The lowest BCUT2D eigenvalue weighted by atomic mass is 10.0. The molecule has 3 aromatic rings. The molecule has 2 aromatic heterocycles. The third kappa shape index (κ3) is 4.27. The van der Waals surface area contributed by atoms with Crippen molar-refractivity contribution in [3.63, 3.8) is 0 Å². The Bertz CT molecular complexity index is 1070. The molecule has 4 heterocycles. The Morgan fingerprint density at radius 3 is 2.53 bits per heavy atom. The monoisotopic (exact) mass is 432 g/mol. The van der Waals surface area contributed by atoms with Crippen LogP contribution in [-0.4, -0.2) is 81.5 Å². The highest BCUT2D eigenvalue weighted by Gasteiger charge is 2.29. The number of amides is 1. The van der Waals surface area contributed by atoms with Crippen molar-refractivity contribution in [2.45, 2.75) is 37.8 Å². The molecule has 2 aliphatic heterocycles. The maximum absolute atomic E-state index is 13.2. The first-order valence-corrected chi connectivity index (χ1v) is 11.6. The van der Waals surface area contributed by atoms with Crippen molar-refractivity contribution in [2.75, 3.05) is 40.3 Å². The van der Waals surface area contributed by atoms with Crippen LogP contribution in [0.5, 0.6) is 0 Å². The van der Waals surface area contributed by atoms with Gasteiger partial charge >= 0.3 is 0 Å². The molecule has 0 aliphatic carbocycles. The van der Waals surface area contributed by atoms with E-state index in [1.54, 1.807) is 0 Å². The Balaban J connectivity index is 1.30. The van der Waals surface area contributed by atoms with Crippen LogP contribution in [0.3, 0.4) is 0 Å². The van der Waals surface area contributed by atoms with E-state index in [0.717, 1.165) is 69.0 Å². The standard InChI is InChI=1S/C25H32N6O/c1-28(2)22-11-14-30(15-12-22)25(32)21-8-9-23-26-27-24(31(23)18-21)20-10-13-29(17-20)16-19-6-4-3-5-7-19/h3-9,18,20,22H,10-17H2,1-2H3. The minimum Gasteiger partial charge on any atom is -0.338 e. The van der Waals surface area contributed by atoms with Gasteiger partial charge in [-0.05, 0) is 57.6 Å². The van der Waals surface area contributed by atoms with E-state index in [2.05, 4.69) is 64.4 Å². The molecule has 5 rings (SSSR count). The summed E-state index contributed by atoms with van der Waals surface area (Å²) >= 11 is 0. The van der Waals surface area contributed by atoms with E-state index in [-0.39, 0.29) is 5.91 Å². The molecule has 1 unspecified atom stereocenters. The summed E-state index contributed by atoms with van der Waals surface area (Å²) in [6.45, 7) is 4.60. The van der Waals surface area contributed by atoms with Gasteiger partial charge < -0.3 is 9.80 Å². The fraction of sp³-hybridized carbons (Fsp3) is 0.480. The first-order chi connectivity index (χ1) is 15.6. The first-order valence-electron chi connectivity index (χ1n) is 11.6. The number of nitrogens with zero attached hydrogens (tertiary/aromatic N) is 6. The number of aromatic nitrogens is 3. The van der Waals surface area contributed by atoms with Crippen LogP contribution in [0.1, 0.15) is 46.9 Å². The summed E-state index contributed by atoms with van der Waals surface area (Å²) in [6, 6.07) is 15.0. The van der Waals surface area contributed by atoms with Crippen LogP contribution in [0.2, 0.25) is 0 Å². The number of rotatable bonds is 5. The molecule has 2 fully saturated rings. The number of pyridine rings is 1. The number of fused-ring (bicyclic) bond motifs is 1. The van der Waals surface area contributed by atoms with E-state index in [1.807, 2.05) is 27.6 Å². The SMILES string of the molecule is CN(C)C1CCN(C(=O)c2ccc3nnc(C4CCN(Cc5ccccc5)C4)n3c2)CC1. The van der Waals surface area contributed by atoms with E-state index < -0.39 is 0 Å². The molecule has 2 aliphatic rings. The van der Waals surface area contributed by atoms with Crippen LogP contribution >= 0.6 is 0 Å². The van der Waals surface area contributed by atoms with E-state index >= 15 is 0 Å². The predicted molar refractivity (Wildman–Crippen MR) is 125 cm³/mol. The van der Waals surface area contributed by atoms with Gasteiger partial charge in [0.15, 0.2) is 5.65 Å². The van der Waals surface area contributed by atoms with Crippen molar-refractivity contribution in [3.8, 4) is 0 Å². The van der Waals surface area contributed by atoms with Gasteiger partial charge in [0.1, 0.15) is 5.82 Å². The Morgan fingerprint density at radius 1 is 1.00 bits per heavy atom. The van der Waals surface area contributed by atoms with Gasteiger partial charge in [-0.2, -0.15) is 0 Å². The second-order valence-corrected chi connectivity index (χ2v) is 9.40. The average Bonchev–Trinajstić information content (AvgIpc) is 3.45. The van der Waals surface area contributed by atoms with Gasteiger partial charge in [-0.1, -0.05) is 30.3 Å². The van der Waals surface area contributed by atoms with Crippen LogP contribution < -0.4 is 0 Å². The maximum Gasteiger partial charge on any atom is 0.255 e. The third-order valence-electron chi connectivity index (χ3n) is 7.04. The molecule has 7 heteroatoms. The molecule has 7 nitrogen and oxygen atoms in total. The molecule has 0 bridgehead atoms. The second-order valence-electron chi connectivity index (χ2n) is 9.40. The van der Waals surface area contributed by atoms with Gasteiger partial charge in [0, 0.05) is 44.3 Å². The molecular formula is C25H32N6O. The van der Waals surface area contributed by atoms with E-state index in [4.69, 9.17) is 0 Å². The van der Waals surface area contributed by atoms with Gasteiger partial charge in [0.2, 0.25) is 0 Å². The summed E-state index contributed by atoms with van der Waals surface area (Å²) in [5.41, 5.74) is 2.87. The van der Waals surface area contributed by atoms with Crippen molar-refractivity contribution in [2.24, 2.45) is 0 Å². The summed E-state index contributed by atoms with van der Waals surface area (Å²) in [7, 11) is 4.24. The lowest BCUT2D eigenvalue weighted by Crippen LogP contribution is -2.44. The van der Waals surface area contributed by atoms with Crippen molar-refractivity contribution in [1.29, 1.82) is 0 Å². The van der Waals surface area contributed by atoms with Crippen molar-refractivity contribution in [3.05, 3.63) is 65.6 Å². The summed E-state index contributed by atoms with van der Waals surface area (Å²) in [6.07, 6.45) is 5.06. The smallest absolute Gasteiger partial charge is 0.255 e. The Morgan fingerprint density at radius 2 is 1.78 bits per heavy atom. The third-order valence-corrected chi connectivity index (χ3v) is 7.04. The largest absolute Gasteiger partial charge is 0.338 e. The van der Waals surface area contributed by atoms with Crippen LogP contribution in [0.15, 0.2) is 48.7 Å². The normalized spacial score (nSPS) is 20.5. The number of hydrogen-bond acceptors (Lipinski definition) is 5. The molecule has 1 amide bonds. The molecular weight excluding hydrogens is 400 g/mol. The summed E-state index contributed by atoms with van der Waals surface area (Å²) in [5, 5.41) is 8.90. The van der Waals surface area contributed by atoms with Crippen molar-refractivity contribution in [1.82, 2.24) is 29.3 Å². The highest BCUT2D eigenvalue weighted by molar-refractivity contribution is 5.94. The summed E-state index contributed by atoms with van der Waals surface area (Å²) in [4.78, 5) is 19.9. The van der Waals surface area contributed by atoms with Gasteiger partial charge in [-0.3, -0.25) is 14.1 Å². The Hall–Kier alpha value is -2.77. The minimum atomic E-state index is 0.112. The topological polar surface area (TPSA) is 57.0 Å². The lowest BCUT2D eigenvalue weighted by molar-refractivity contribution is 0.0663. The lowest BCUT2D eigenvalue weighted by Gasteiger charge is -2.35. The molecule has 0 radical (unpaired) electrons. The zero-order valence-corrected chi connectivity index (χ0v) is 19.0. The maximum atomic E-state index is 13.2. The molecule has 2 saturated heterocycles. The van der Waals surface area contributed by atoms with Crippen molar-refractivity contribution >= 4 is 11.6 Å². The Kier molecular flexibility index (Phi) is 5.93. The number of hydrogen-bond donors (Lipinski definition) is 0. The highest BCUT2D eigenvalue weighted by Crippen LogP contribution is 2.28. The van der Waals surface area contributed by atoms with Crippen LogP contribution in [-0.2, 0) is 6.54 Å². The quantitative estimate of drug-likeness (QED) is 0.621. The molecule has 1 atom stereocenters. The van der Waals surface area contributed by atoms with E-state index in [1.165, 1.54) is 5.56 Å². The fourth-order valence-electron chi connectivity index (χ4n) is 5.11. The van der Waals surface area contributed by atoms with Crippen LogP contribution in [0.25, 0.3) is 5.65 Å². The zero-order chi connectivity index (χ0) is 22.1. The van der Waals surface area contributed by atoms with Gasteiger partial charge in [-0.15, -0.1) is 10.2 Å². The zero-order valence-electron chi connectivity index (χ0n) is 19.0. The van der Waals surface area contributed by atoms with E-state index in [9.17, 15) is 4.79 Å². The molecule has 1 aromatic carbocycles.